The smallest absolute Gasteiger partial charge is 0.255 e. The van der Waals surface area contributed by atoms with Gasteiger partial charge in [0.15, 0.2) is 0 Å². The predicted octanol–water partition coefficient (Wildman–Crippen LogP) is 2.21. The molecule has 1 aliphatic heterocycles. The molecule has 5 heteroatoms. The van der Waals surface area contributed by atoms with Gasteiger partial charge in [0.1, 0.15) is 11.6 Å². The maximum atomic E-state index is 12.4. The van der Waals surface area contributed by atoms with Gasteiger partial charge >= 0.3 is 0 Å². The number of nitrogens with zero attached hydrogens (tertiary/aromatic N) is 2. The summed E-state index contributed by atoms with van der Waals surface area (Å²) in [5.74, 6) is 2.26. The van der Waals surface area contributed by atoms with Gasteiger partial charge in [0, 0.05) is 32.0 Å². The van der Waals surface area contributed by atoms with E-state index in [4.69, 9.17) is 9.72 Å². The summed E-state index contributed by atoms with van der Waals surface area (Å²) in [5, 5.41) is 0. The standard InChI is InChI=1S/C18H21N3O2/c1-23-14-6-2-12(3-7-14)10-21-9-8-16-15(11-21)18(22)20-17(19-16)13-4-5-13/h2-3,6-7,13H,4-5,8-11H2,1H3,(H,19,20,22). The molecule has 120 valence electrons. The number of hydrogen-bond acceptors (Lipinski definition) is 4. The van der Waals surface area contributed by atoms with E-state index in [9.17, 15) is 4.79 Å². The summed E-state index contributed by atoms with van der Waals surface area (Å²) in [4.78, 5) is 22.4. The molecule has 1 aliphatic carbocycles. The second-order valence-corrected chi connectivity index (χ2v) is 6.46. The minimum Gasteiger partial charge on any atom is -0.497 e. The second-order valence-electron chi connectivity index (χ2n) is 6.46. The van der Waals surface area contributed by atoms with Gasteiger partial charge in [-0.1, -0.05) is 12.1 Å². The number of H-pyrrole nitrogens is 1. The number of methoxy groups -OCH3 is 1. The molecule has 23 heavy (non-hydrogen) atoms. The monoisotopic (exact) mass is 311 g/mol. The summed E-state index contributed by atoms with van der Waals surface area (Å²) >= 11 is 0. The lowest BCUT2D eigenvalue weighted by molar-refractivity contribution is 0.241. The lowest BCUT2D eigenvalue weighted by Gasteiger charge is -2.27. The Morgan fingerprint density at radius 2 is 2.09 bits per heavy atom. The first kappa shape index (κ1) is 14.5. The van der Waals surface area contributed by atoms with Crippen LogP contribution in [0, 0.1) is 0 Å². The van der Waals surface area contributed by atoms with Crippen molar-refractivity contribution in [1.82, 2.24) is 14.9 Å². The maximum Gasteiger partial charge on any atom is 0.255 e. The first-order valence-electron chi connectivity index (χ1n) is 8.20. The molecular formula is C18H21N3O2. The molecule has 5 nitrogen and oxygen atoms in total. The number of aromatic amines is 1. The average Bonchev–Trinajstić information content (AvgIpc) is 3.41. The fraction of sp³-hybridized carbons (Fsp3) is 0.444. The van der Waals surface area contributed by atoms with Crippen molar-refractivity contribution in [3.8, 4) is 5.75 Å². The van der Waals surface area contributed by atoms with Crippen molar-refractivity contribution in [3.05, 3.63) is 57.3 Å². The van der Waals surface area contributed by atoms with Crippen molar-refractivity contribution in [3.63, 3.8) is 0 Å². The Balaban J connectivity index is 1.50. The van der Waals surface area contributed by atoms with E-state index in [0.717, 1.165) is 55.2 Å². The van der Waals surface area contributed by atoms with Gasteiger partial charge < -0.3 is 9.72 Å². The molecule has 0 atom stereocenters. The number of aromatic nitrogens is 2. The molecule has 1 saturated carbocycles. The van der Waals surface area contributed by atoms with Crippen molar-refractivity contribution < 1.29 is 4.74 Å². The molecule has 0 spiro atoms. The summed E-state index contributed by atoms with van der Waals surface area (Å²) in [7, 11) is 1.67. The van der Waals surface area contributed by atoms with Gasteiger partial charge in [-0.2, -0.15) is 0 Å². The van der Waals surface area contributed by atoms with Gasteiger partial charge in [-0.25, -0.2) is 4.98 Å². The number of rotatable bonds is 4. The largest absolute Gasteiger partial charge is 0.497 e. The van der Waals surface area contributed by atoms with E-state index in [1.54, 1.807) is 7.11 Å². The topological polar surface area (TPSA) is 58.2 Å². The number of ether oxygens (including phenoxy) is 1. The molecule has 0 unspecified atom stereocenters. The average molecular weight is 311 g/mol. The molecule has 1 aromatic heterocycles. The number of benzene rings is 1. The zero-order valence-electron chi connectivity index (χ0n) is 13.3. The summed E-state index contributed by atoms with van der Waals surface area (Å²) < 4.78 is 5.19. The van der Waals surface area contributed by atoms with Crippen LogP contribution in [0.1, 0.15) is 41.4 Å². The van der Waals surface area contributed by atoms with Crippen LogP contribution in [-0.2, 0) is 19.5 Å². The highest BCUT2D eigenvalue weighted by molar-refractivity contribution is 5.28. The van der Waals surface area contributed by atoms with E-state index >= 15 is 0 Å². The van der Waals surface area contributed by atoms with Gasteiger partial charge in [0.25, 0.3) is 5.56 Å². The number of nitrogens with one attached hydrogen (secondary N) is 1. The van der Waals surface area contributed by atoms with Gasteiger partial charge in [-0.05, 0) is 30.5 Å². The van der Waals surface area contributed by atoms with E-state index in [2.05, 4.69) is 22.0 Å². The van der Waals surface area contributed by atoms with Crippen LogP contribution in [0.3, 0.4) is 0 Å². The van der Waals surface area contributed by atoms with Crippen LogP contribution in [-0.4, -0.2) is 28.5 Å². The van der Waals surface area contributed by atoms with Crippen LogP contribution in [0.2, 0.25) is 0 Å². The van der Waals surface area contributed by atoms with Crippen LogP contribution in [0.25, 0.3) is 0 Å². The van der Waals surface area contributed by atoms with E-state index in [1.165, 1.54) is 5.56 Å². The van der Waals surface area contributed by atoms with Gasteiger partial charge in [0.05, 0.1) is 18.4 Å². The Morgan fingerprint density at radius 3 is 2.78 bits per heavy atom. The molecule has 2 aromatic rings. The molecule has 2 heterocycles. The predicted molar refractivity (Wildman–Crippen MR) is 87.6 cm³/mol. The quantitative estimate of drug-likeness (QED) is 0.940. The third-order valence-corrected chi connectivity index (χ3v) is 4.70. The maximum absolute atomic E-state index is 12.4. The summed E-state index contributed by atoms with van der Waals surface area (Å²) in [6.07, 6.45) is 3.17. The number of hydrogen-bond donors (Lipinski definition) is 1. The molecule has 1 aromatic carbocycles. The SMILES string of the molecule is COc1ccc(CN2CCc3nc(C4CC4)[nH]c(=O)c3C2)cc1. The lowest BCUT2D eigenvalue weighted by Crippen LogP contribution is -2.35. The zero-order chi connectivity index (χ0) is 15.8. The van der Waals surface area contributed by atoms with Crippen LogP contribution < -0.4 is 10.3 Å². The first-order valence-corrected chi connectivity index (χ1v) is 8.20. The van der Waals surface area contributed by atoms with Crippen LogP contribution in [0.4, 0.5) is 0 Å². The fourth-order valence-electron chi connectivity index (χ4n) is 3.17. The molecular weight excluding hydrogens is 290 g/mol. The molecule has 1 N–H and O–H groups in total. The Morgan fingerprint density at radius 1 is 1.30 bits per heavy atom. The van der Waals surface area contributed by atoms with E-state index in [0.29, 0.717) is 12.5 Å². The van der Waals surface area contributed by atoms with Crippen molar-refractivity contribution in [2.75, 3.05) is 13.7 Å². The highest BCUT2D eigenvalue weighted by Crippen LogP contribution is 2.37. The van der Waals surface area contributed by atoms with Crippen molar-refractivity contribution in [1.29, 1.82) is 0 Å². The van der Waals surface area contributed by atoms with Crippen LogP contribution in [0.5, 0.6) is 5.75 Å². The highest BCUT2D eigenvalue weighted by atomic mass is 16.5. The van der Waals surface area contributed by atoms with E-state index < -0.39 is 0 Å². The first-order chi connectivity index (χ1) is 11.2. The molecule has 0 saturated heterocycles. The van der Waals surface area contributed by atoms with E-state index in [-0.39, 0.29) is 5.56 Å². The van der Waals surface area contributed by atoms with E-state index in [1.807, 2.05) is 12.1 Å². The summed E-state index contributed by atoms with van der Waals surface area (Å²) in [6.45, 7) is 2.46. The Hall–Kier alpha value is -2.14. The molecule has 0 bridgehead atoms. The van der Waals surface area contributed by atoms with Crippen molar-refractivity contribution in [2.45, 2.75) is 38.3 Å². The fourth-order valence-corrected chi connectivity index (χ4v) is 3.17. The van der Waals surface area contributed by atoms with Gasteiger partial charge in [-0.3, -0.25) is 9.69 Å². The summed E-state index contributed by atoms with van der Waals surface area (Å²) in [5.41, 5.74) is 3.13. The second kappa shape index (κ2) is 5.81. The van der Waals surface area contributed by atoms with Crippen LogP contribution >= 0.6 is 0 Å². The van der Waals surface area contributed by atoms with Gasteiger partial charge in [0.2, 0.25) is 0 Å². The Bertz CT molecular complexity index is 763. The minimum absolute atomic E-state index is 0.0522. The molecule has 0 radical (unpaired) electrons. The minimum atomic E-state index is 0.0522. The highest BCUT2D eigenvalue weighted by Gasteiger charge is 2.29. The summed E-state index contributed by atoms with van der Waals surface area (Å²) in [6, 6.07) is 8.10. The van der Waals surface area contributed by atoms with Gasteiger partial charge in [-0.15, -0.1) is 0 Å². The molecule has 4 rings (SSSR count). The lowest BCUT2D eigenvalue weighted by atomic mass is 10.1. The molecule has 1 fully saturated rings. The normalized spacial score (nSPS) is 17.8. The van der Waals surface area contributed by atoms with Crippen molar-refractivity contribution >= 4 is 0 Å². The zero-order valence-corrected chi connectivity index (χ0v) is 13.3. The third-order valence-electron chi connectivity index (χ3n) is 4.70. The van der Waals surface area contributed by atoms with Crippen LogP contribution in [0.15, 0.2) is 29.1 Å². The molecule has 2 aliphatic rings. The third kappa shape index (κ3) is 3.01. The number of fused-ring (bicyclic) bond motifs is 1. The molecule has 0 amide bonds. The Kier molecular flexibility index (Phi) is 3.65. The Labute approximate surface area is 135 Å². The van der Waals surface area contributed by atoms with Crippen molar-refractivity contribution in [2.24, 2.45) is 0 Å².